The number of benzene rings is 2. The van der Waals surface area contributed by atoms with E-state index in [1.807, 2.05) is 35.9 Å². The smallest absolute Gasteiger partial charge is 0.387 e. The summed E-state index contributed by atoms with van der Waals surface area (Å²) in [5.41, 5.74) is 1.17. The van der Waals surface area contributed by atoms with Crippen molar-refractivity contribution in [3.8, 4) is 5.75 Å². The number of fused-ring (bicyclic) bond motifs is 1. The van der Waals surface area contributed by atoms with Gasteiger partial charge in [0.1, 0.15) is 5.75 Å². The van der Waals surface area contributed by atoms with Crippen molar-refractivity contribution >= 4 is 27.5 Å². The molecular weight excluding hydrogens is 322 g/mol. The first-order valence-corrected chi connectivity index (χ1v) is 7.55. The molecule has 1 aromatic heterocycles. The maximum Gasteiger partial charge on any atom is 0.387 e. The molecule has 0 fully saturated rings. The number of hydrogen-bond donors (Lipinski definition) is 0. The predicted octanol–water partition coefficient (Wildman–Crippen LogP) is 3.58. The molecule has 23 heavy (non-hydrogen) atoms. The molecule has 0 aliphatic rings. The van der Waals surface area contributed by atoms with E-state index in [0.29, 0.717) is 4.80 Å². The van der Waals surface area contributed by atoms with E-state index in [1.165, 1.54) is 35.6 Å². The average molecular weight is 334 g/mol. The molecule has 0 saturated carbocycles. The Balaban J connectivity index is 1.98. The molecule has 1 heterocycles. The average Bonchev–Trinajstić information content (AvgIpc) is 2.83. The summed E-state index contributed by atoms with van der Waals surface area (Å²) in [6, 6.07) is 13.3. The molecule has 118 valence electrons. The minimum atomic E-state index is -2.93. The van der Waals surface area contributed by atoms with Crippen LogP contribution in [-0.4, -0.2) is 17.1 Å². The van der Waals surface area contributed by atoms with E-state index in [-0.39, 0.29) is 11.3 Å². The molecule has 0 bridgehead atoms. The number of hydrogen-bond acceptors (Lipinski definition) is 3. The number of halogens is 2. The van der Waals surface area contributed by atoms with E-state index in [4.69, 9.17) is 0 Å². The van der Waals surface area contributed by atoms with Gasteiger partial charge >= 0.3 is 6.61 Å². The molecule has 3 rings (SSSR count). The van der Waals surface area contributed by atoms with Crippen LogP contribution in [0.3, 0.4) is 0 Å². The maximum absolute atomic E-state index is 12.3. The number of rotatable bonds is 3. The van der Waals surface area contributed by atoms with Gasteiger partial charge in [0.25, 0.3) is 5.91 Å². The van der Waals surface area contributed by atoms with E-state index in [2.05, 4.69) is 9.73 Å². The van der Waals surface area contributed by atoms with Gasteiger partial charge in [-0.05, 0) is 30.3 Å². The third-order valence-corrected chi connectivity index (χ3v) is 4.33. The molecule has 2 aromatic carbocycles. The van der Waals surface area contributed by atoms with Crippen LogP contribution in [0, 0.1) is 0 Å². The molecule has 7 heteroatoms. The fourth-order valence-corrected chi connectivity index (χ4v) is 3.16. The minimum absolute atomic E-state index is 0.0678. The fraction of sp³-hybridized carbons (Fsp3) is 0.125. The Morgan fingerprint density at radius 3 is 2.74 bits per heavy atom. The van der Waals surface area contributed by atoms with E-state index < -0.39 is 12.5 Å². The molecule has 1 amide bonds. The highest BCUT2D eigenvalue weighted by Crippen LogP contribution is 2.18. The van der Waals surface area contributed by atoms with Gasteiger partial charge in [-0.25, -0.2) is 0 Å². The largest absolute Gasteiger partial charge is 0.435 e. The van der Waals surface area contributed by atoms with Crippen LogP contribution >= 0.6 is 11.3 Å². The fourth-order valence-electron chi connectivity index (χ4n) is 2.14. The van der Waals surface area contributed by atoms with Gasteiger partial charge in [0, 0.05) is 12.6 Å². The van der Waals surface area contributed by atoms with Gasteiger partial charge in [0.15, 0.2) is 4.80 Å². The number of carbonyl (C=O) groups excluding carboxylic acids is 1. The zero-order valence-corrected chi connectivity index (χ0v) is 12.9. The second-order valence-corrected chi connectivity index (χ2v) is 5.74. The summed E-state index contributed by atoms with van der Waals surface area (Å²) in [7, 11) is 1.82. The van der Waals surface area contributed by atoms with Crippen LogP contribution in [0.4, 0.5) is 8.78 Å². The minimum Gasteiger partial charge on any atom is -0.435 e. The summed E-state index contributed by atoms with van der Waals surface area (Å²) in [5.74, 6) is -0.575. The summed E-state index contributed by atoms with van der Waals surface area (Å²) in [6.45, 7) is -2.93. The normalized spacial score (nSPS) is 12.1. The molecule has 0 atom stereocenters. The highest BCUT2D eigenvalue weighted by atomic mass is 32.1. The Kier molecular flexibility index (Phi) is 4.20. The molecule has 0 saturated heterocycles. The number of thiazole rings is 1. The third kappa shape index (κ3) is 3.29. The van der Waals surface area contributed by atoms with Crippen molar-refractivity contribution in [3.63, 3.8) is 0 Å². The van der Waals surface area contributed by atoms with Crippen molar-refractivity contribution < 1.29 is 18.3 Å². The van der Waals surface area contributed by atoms with Gasteiger partial charge in [0.05, 0.1) is 10.2 Å². The van der Waals surface area contributed by atoms with Gasteiger partial charge in [0.2, 0.25) is 0 Å². The summed E-state index contributed by atoms with van der Waals surface area (Å²) >= 11 is 1.39. The van der Waals surface area contributed by atoms with Crippen LogP contribution in [0.25, 0.3) is 10.2 Å². The molecule has 0 spiro atoms. The topological polar surface area (TPSA) is 43.6 Å². The van der Waals surface area contributed by atoms with Crippen molar-refractivity contribution in [2.24, 2.45) is 12.0 Å². The lowest BCUT2D eigenvalue weighted by atomic mass is 10.2. The first-order valence-electron chi connectivity index (χ1n) is 6.73. The van der Waals surface area contributed by atoms with Crippen molar-refractivity contribution in [1.29, 1.82) is 0 Å². The number of nitrogens with zero attached hydrogens (tertiary/aromatic N) is 2. The van der Waals surface area contributed by atoms with Crippen LogP contribution in [0.15, 0.2) is 53.5 Å². The van der Waals surface area contributed by atoms with Gasteiger partial charge in [-0.2, -0.15) is 13.8 Å². The van der Waals surface area contributed by atoms with Crippen LogP contribution in [0.1, 0.15) is 10.4 Å². The van der Waals surface area contributed by atoms with Crippen LogP contribution in [0.2, 0.25) is 0 Å². The SMILES string of the molecule is Cn1c(=NC(=O)c2cccc(OC(F)F)c2)sc2ccccc21. The predicted molar refractivity (Wildman–Crippen MR) is 83.8 cm³/mol. The molecule has 0 radical (unpaired) electrons. The number of aryl methyl sites for hydroxylation is 1. The van der Waals surface area contributed by atoms with Crippen LogP contribution in [0.5, 0.6) is 5.75 Å². The first-order chi connectivity index (χ1) is 11.0. The summed E-state index contributed by atoms with van der Waals surface area (Å²) < 4.78 is 31.6. The van der Waals surface area contributed by atoms with E-state index in [9.17, 15) is 13.6 Å². The zero-order chi connectivity index (χ0) is 16.4. The quantitative estimate of drug-likeness (QED) is 0.735. The van der Waals surface area contributed by atoms with Crippen LogP contribution < -0.4 is 9.54 Å². The van der Waals surface area contributed by atoms with E-state index in [1.54, 1.807) is 0 Å². The molecule has 0 unspecified atom stereocenters. The van der Waals surface area contributed by atoms with Gasteiger partial charge in [-0.1, -0.05) is 29.5 Å². The number of aromatic nitrogens is 1. The summed E-state index contributed by atoms with van der Waals surface area (Å²) in [6.07, 6.45) is 0. The second kappa shape index (κ2) is 6.29. The highest BCUT2D eigenvalue weighted by molar-refractivity contribution is 7.16. The van der Waals surface area contributed by atoms with Crippen molar-refractivity contribution in [1.82, 2.24) is 4.57 Å². The monoisotopic (exact) mass is 334 g/mol. The molecule has 4 nitrogen and oxygen atoms in total. The lowest BCUT2D eigenvalue weighted by molar-refractivity contribution is -0.0498. The van der Waals surface area contributed by atoms with Crippen molar-refractivity contribution in [3.05, 3.63) is 58.9 Å². The molecule has 0 aliphatic carbocycles. The summed E-state index contributed by atoms with van der Waals surface area (Å²) in [4.78, 5) is 16.9. The maximum atomic E-state index is 12.3. The molecule has 0 aliphatic heterocycles. The Labute approximate surface area is 134 Å². The van der Waals surface area contributed by atoms with Crippen LogP contribution in [-0.2, 0) is 7.05 Å². The zero-order valence-electron chi connectivity index (χ0n) is 12.1. The second-order valence-electron chi connectivity index (χ2n) is 4.73. The van der Waals surface area contributed by atoms with E-state index in [0.717, 1.165) is 10.2 Å². The molecule has 0 N–H and O–H groups in total. The number of amides is 1. The number of ether oxygens (including phenoxy) is 1. The Morgan fingerprint density at radius 2 is 2.00 bits per heavy atom. The number of alkyl halides is 2. The molecule has 3 aromatic rings. The number of para-hydroxylation sites is 1. The van der Waals surface area contributed by atoms with Gasteiger partial charge < -0.3 is 9.30 Å². The van der Waals surface area contributed by atoms with Gasteiger partial charge in [-0.15, -0.1) is 0 Å². The number of carbonyl (C=O) groups is 1. The Bertz CT molecular complexity index is 931. The lowest BCUT2D eigenvalue weighted by Gasteiger charge is -2.04. The molecular formula is C16H12F2N2O2S. The van der Waals surface area contributed by atoms with E-state index >= 15 is 0 Å². The Morgan fingerprint density at radius 1 is 1.22 bits per heavy atom. The highest BCUT2D eigenvalue weighted by Gasteiger charge is 2.10. The third-order valence-electron chi connectivity index (χ3n) is 3.22. The lowest BCUT2D eigenvalue weighted by Crippen LogP contribution is -2.13. The van der Waals surface area contributed by atoms with Crippen molar-refractivity contribution in [2.75, 3.05) is 0 Å². The standard InChI is InChI=1S/C16H12F2N2O2S/c1-20-12-7-2-3-8-13(12)23-16(20)19-14(21)10-5-4-6-11(9-10)22-15(17)18/h2-9,15H,1H3. The Hall–Kier alpha value is -2.54. The summed E-state index contributed by atoms with van der Waals surface area (Å²) in [5, 5.41) is 0. The van der Waals surface area contributed by atoms with Crippen molar-refractivity contribution in [2.45, 2.75) is 6.61 Å². The van der Waals surface area contributed by atoms with Gasteiger partial charge in [-0.3, -0.25) is 4.79 Å². The first kappa shape index (κ1) is 15.4.